The summed E-state index contributed by atoms with van der Waals surface area (Å²) in [5.74, 6) is -0.984. The number of amides is 1. The number of benzene rings is 1. The second-order valence-corrected chi connectivity index (χ2v) is 4.03. The molecular formula is C11H12N2O4S. The molecule has 1 aromatic rings. The van der Waals surface area contributed by atoms with Gasteiger partial charge in [0.1, 0.15) is 6.04 Å². The lowest BCUT2D eigenvalue weighted by Gasteiger charge is -2.14. The normalized spacial score (nSPS) is 11.4. The molecule has 1 atom stereocenters. The van der Waals surface area contributed by atoms with Crippen LogP contribution in [0.1, 0.15) is 10.4 Å². The summed E-state index contributed by atoms with van der Waals surface area (Å²) in [5, 5.41) is 2.49. The number of carbonyl (C=O) groups is 2. The third-order valence-corrected chi connectivity index (χ3v) is 2.71. The summed E-state index contributed by atoms with van der Waals surface area (Å²) in [4.78, 5) is 33.2. The predicted molar refractivity (Wildman–Crippen MR) is 68.0 cm³/mol. The minimum atomic E-state index is -0.898. The molecule has 1 amide bonds. The second kappa shape index (κ2) is 7.44. The molecule has 0 saturated carbocycles. The Hall–Kier alpha value is -1.89. The molecule has 1 aromatic carbocycles. The summed E-state index contributed by atoms with van der Waals surface area (Å²) >= 11 is 0.651. The molecule has 0 saturated heterocycles. The third kappa shape index (κ3) is 4.17. The Balaban J connectivity index is 2.68. The first kappa shape index (κ1) is 14.2. The number of esters is 1. The molecule has 7 heteroatoms. The number of nitrogens with zero attached hydrogens (tertiary/aromatic N) is 1. The fraction of sp³-hybridized carbons (Fsp3) is 0.273. The summed E-state index contributed by atoms with van der Waals surface area (Å²) < 4.78 is 7.12. The van der Waals surface area contributed by atoms with E-state index in [0.717, 1.165) is 0 Å². The fourth-order valence-corrected chi connectivity index (χ4v) is 1.68. The van der Waals surface area contributed by atoms with Gasteiger partial charge in [-0.15, -0.1) is 4.91 Å². The molecule has 1 N–H and O–H groups in total. The van der Waals surface area contributed by atoms with E-state index in [1.807, 2.05) is 0 Å². The van der Waals surface area contributed by atoms with Gasteiger partial charge in [-0.1, -0.05) is 18.2 Å². The van der Waals surface area contributed by atoms with E-state index in [1.165, 1.54) is 7.11 Å². The van der Waals surface area contributed by atoms with Crippen molar-refractivity contribution >= 4 is 23.8 Å². The van der Waals surface area contributed by atoms with Crippen molar-refractivity contribution in [3.8, 4) is 0 Å². The first-order chi connectivity index (χ1) is 8.69. The monoisotopic (exact) mass is 268 g/mol. The number of hydrogen-bond acceptors (Lipinski definition) is 6. The molecule has 0 heterocycles. The zero-order valence-corrected chi connectivity index (χ0v) is 10.5. The SMILES string of the molecule is COC(=O)C(CSN=O)NC(=O)c1ccccc1. The van der Waals surface area contributed by atoms with Crippen LogP contribution >= 0.6 is 11.9 Å². The van der Waals surface area contributed by atoms with Gasteiger partial charge in [0, 0.05) is 27.8 Å². The average Bonchev–Trinajstić information content (AvgIpc) is 2.43. The van der Waals surface area contributed by atoms with Crippen LogP contribution < -0.4 is 5.32 Å². The van der Waals surface area contributed by atoms with Gasteiger partial charge in [0.2, 0.25) is 0 Å². The van der Waals surface area contributed by atoms with E-state index in [4.69, 9.17) is 0 Å². The van der Waals surface area contributed by atoms with E-state index in [0.29, 0.717) is 17.5 Å². The zero-order chi connectivity index (χ0) is 13.4. The molecule has 0 aliphatic rings. The first-order valence-electron chi connectivity index (χ1n) is 5.07. The maximum absolute atomic E-state index is 11.8. The number of nitroso groups, excluding NO2 is 1. The standard InChI is InChI=1S/C11H12N2O4S/c1-17-11(15)9(7-18-13-16)12-10(14)8-5-3-2-4-6-8/h2-6,9H,7H2,1H3,(H,12,14). The lowest BCUT2D eigenvalue weighted by Crippen LogP contribution is -2.43. The molecule has 96 valence electrons. The van der Waals surface area contributed by atoms with Crippen LogP contribution in [0.25, 0.3) is 0 Å². The number of nitrogens with one attached hydrogen (secondary N) is 1. The van der Waals surface area contributed by atoms with Crippen LogP contribution in [-0.2, 0) is 9.53 Å². The number of hydrogen-bond donors (Lipinski definition) is 1. The molecule has 0 radical (unpaired) electrons. The van der Waals surface area contributed by atoms with Gasteiger partial charge in [0.15, 0.2) is 0 Å². The van der Waals surface area contributed by atoms with Crippen LogP contribution in [-0.4, -0.2) is 30.8 Å². The van der Waals surface area contributed by atoms with Gasteiger partial charge in [-0.3, -0.25) is 4.79 Å². The maximum atomic E-state index is 11.8. The second-order valence-electron chi connectivity index (χ2n) is 3.29. The number of ether oxygens (including phenoxy) is 1. The van der Waals surface area contributed by atoms with Gasteiger partial charge < -0.3 is 10.1 Å². The summed E-state index contributed by atoms with van der Waals surface area (Å²) in [6.07, 6.45) is 0. The Labute approximate surface area is 108 Å². The van der Waals surface area contributed by atoms with Crippen molar-refractivity contribution in [3.05, 3.63) is 40.8 Å². The van der Waals surface area contributed by atoms with E-state index in [1.54, 1.807) is 30.3 Å². The lowest BCUT2D eigenvalue weighted by atomic mass is 10.2. The van der Waals surface area contributed by atoms with Gasteiger partial charge in [-0.2, -0.15) is 0 Å². The number of carbonyl (C=O) groups excluding carboxylic acids is 2. The summed E-state index contributed by atoms with van der Waals surface area (Å²) in [6.45, 7) is 0. The fourth-order valence-electron chi connectivity index (χ4n) is 1.25. The molecule has 0 bridgehead atoms. The Bertz CT molecular complexity index is 424. The molecule has 0 aromatic heterocycles. The third-order valence-electron chi connectivity index (χ3n) is 2.12. The molecule has 0 spiro atoms. The van der Waals surface area contributed by atoms with Crippen molar-refractivity contribution < 1.29 is 14.3 Å². The van der Waals surface area contributed by atoms with Crippen LogP contribution in [0.4, 0.5) is 0 Å². The van der Waals surface area contributed by atoms with E-state index in [2.05, 4.69) is 14.6 Å². The number of methoxy groups -OCH3 is 1. The van der Waals surface area contributed by atoms with Gasteiger partial charge in [-0.05, 0) is 12.1 Å². The highest BCUT2D eigenvalue weighted by Crippen LogP contribution is 2.06. The largest absolute Gasteiger partial charge is 0.467 e. The Kier molecular flexibility index (Phi) is 5.86. The first-order valence-corrected chi connectivity index (χ1v) is 6.01. The molecular weight excluding hydrogens is 256 g/mol. The molecule has 0 aliphatic carbocycles. The van der Waals surface area contributed by atoms with Crippen molar-refractivity contribution in [1.29, 1.82) is 0 Å². The van der Waals surface area contributed by atoms with Crippen LogP contribution in [0.5, 0.6) is 0 Å². The quantitative estimate of drug-likeness (QED) is 0.478. The Morgan fingerprint density at radius 2 is 2.06 bits per heavy atom. The van der Waals surface area contributed by atoms with E-state index < -0.39 is 17.9 Å². The van der Waals surface area contributed by atoms with Crippen molar-refractivity contribution in [2.24, 2.45) is 4.58 Å². The topological polar surface area (TPSA) is 84.8 Å². The van der Waals surface area contributed by atoms with Crippen molar-refractivity contribution in [3.63, 3.8) is 0 Å². The number of rotatable bonds is 6. The average molecular weight is 268 g/mol. The summed E-state index contributed by atoms with van der Waals surface area (Å²) in [6, 6.07) is 7.54. The Morgan fingerprint density at radius 1 is 1.39 bits per heavy atom. The van der Waals surface area contributed by atoms with Crippen LogP contribution in [0.2, 0.25) is 0 Å². The minimum absolute atomic E-state index is 0.0365. The van der Waals surface area contributed by atoms with E-state index in [-0.39, 0.29) is 5.75 Å². The molecule has 6 nitrogen and oxygen atoms in total. The lowest BCUT2D eigenvalue weighted by molar-refractivity contribution is -0.142. The smallest absolute Gasteiger partial charge is 0.329 e. The van der Waals surface area contributed by atoms with E-state index in [9.17, 15) is 14.5 Å². The predicted octanol–water partition coefficient (Wildman–Crippen LogP) is 1.37. The highest BCUT2D eigenvalue weighted by molar-refractivity contribution is 7.97. The highest BCUT2D eigenvalue weighted by Gasteiger charge is 2.22. The molecule has 1 rings (SSSR count). The van der Waals surface area contributed by atoms with Gasteiger partial charge in [0.05, 0.1) is 7.11 Å². The minimum Gasteiger partial charge on any atom is -0.467 e. The van der Waals surface area contributed by atoms with Crippen LogP contribution in [0.15, 0.2) is 34.9 Å². The van der Waals surface area contributed by atoms with Gasteiger partial charge >= 0.3 is 5.97 Å². The van der Waals surface area contributed by atoms with E-state index >= 15 is 0 Å². The van der Waals surface area contributed by atoms with Gasteiger partial charge in [0.25, 0.3) is 5.91 Å². The molecule has 0 aliphatic heterocycles. The van der Waals surface area contributed by atoms with Crippen LogP contribution in [0.3, 0.4) is 0 Å². The molecule has 1 unspecified atom stereocenters. The van der Waals surface area contributed by atoms with Crippen LogP contribution in [0, 0.1) is 4.91 Å². The summed E-state index contributed by atoms with van der Waals surface area (Å²) in [7, 11) is 1.21. The van der Waals surface area contributed by atoms with Crippen molar-refractivity contribution in [1.82, 2.24) is 5.32 Å². The van der Waals surface area contributed by atoms with Gasteiger partial charge in [-0.25, -0.2) is 4.79 Å². The maximum Gasteiger partial charge on any atom is 0.329 e. The molecule has 0 fully saturated rings. The van der Waals surface area contributed by atoms with Crippen molar-refractivity contribution in [2.75, 3.05) is 12.9 Å². The highest BCUT2D eigenvalue weighted by atomic mass is 32.2. The Morgan fingerprint density at radius 3 is 2.61 bits per heavy atom. The zero-order valence-electron chi connectivity index (χ0n) is 9.66. The van der Waals surface area contributed by atoms with Crippen molar-refractivity contribution in [2.45, 2.75) is 6.04 Å². The summed E-state index contributed by atoms with van der Waals surface area (Å²) in [5.41, 5.74) is 0.426. The molecule has 18 heavy (non-hydrogen) atoms.